The normalized spacial score (nSPS) is 16.1. The second-order valence-electron chi connectivity index (χ2n) is 6.76. The van der Waals surface area contributed by atoms with Crippen molar-refractivity contribution in [2.24, 2.45) is 11.7 Å². The summed E-state index contributed by atoms with van der Waals surface area (Å²) in [6.45, 7) is 2.99. The second kappa shape index (κ2) is 8.46. The first kappa shape index (κ1) is 20.6. The van der Waals surface area contributed by atoms with E-state index in [0.717, 1.165) is 0 Å². The van der Waals surface area contributed by atoms with Crippen molar-refractivity contribution in [2.75, 3.05) is 19.7 Å². The average Bonchev–Trinajstić information content (AvgIpc) is 2.69. The summed E-state index contributed by atoms with van der Waals surface area (Å²) < 4.78 is 33.1. The molecular formula is C19H22ClN3O4S. The van der Waals surface area contributed by atoms with Gasteiger partial charge in [0.05, 0.1) is 11.5 Å². The predicted molar refractivity (Wildman–Crippen MR) is 106 cm³/mol. The molecule has 1 aliphatic heterocycles. The number of hydrogen-bond donors (Lipinski definition) is 1. The van der Waals surface area contributed by atoms with Gasteiger partial charge in [-0.1, -0.05) is 17.7 Å². The minimum Gasteiger partial charge on any atom is -0.493 e. The van der Waals surface area contributed by atoms with E-state index in [9.17, 15) is 13.2 Å². The summed E-state index contributed by atoms with van der Waals surface area (Å²) in [7, 11) is -3.57. The van der Waals surface area contributed by atoms with E-state index in [0.29, 0.717) is 48.9 Å². The van der Waals surface area contributed by atoms with Crippen molar-refractivity contribution in [3.8, 4) is 5.75 Å². The highest BCUT2D eigenvalue weighted by Crippen LogP contribution is 2.29. The highest BCUT2D eigenvalue weighted by molar-refractivity contribution is 7.89. The Kier molecular flexibility index (Phi) is 6.22. The first-order valence-corrected chi connectivity index (χ1v) is 10.7. The van der Waals surface area contributed by atoms with Gasteiger partial charge in [0.1, 0.15) is 11.4 Å². The zero-order valence-corrected chi connectivity index (χ0v) is 17.0. The molecule has 0 saturated carbocycles. The van der Waals surface area contributed by atoms with Gasteiger partial charge >= 0.3 is 0 Å². The molecule has 1 aromatic carbocycles. The summed E-state index contributed by atoms with van der Waals surface area (Å²) in [4.78, 5) is 15.3. The lowest BCUT2D eigenvalue weighted by Gasteiger charge is -2.31. The number of nitrogens with two attached hydrogens (primary N) is 1. The van der Waals surface area contributed by atoms with Crippen molar-refractivity contribution in [1.29, 1.82) is 0 Å². The molecule has 150 valence electrons. The summed E-state index contributed by atoms with van der Waals surface area (Å²) in [5, 5.41) is 0.442. The molecule has 0 aliphatic carbocycles. The number of amides is 1. The third-order valence-electron chi connectivity index (χ3n) is 4.88. The lowest BCUT2D eigenvalue weighted by molar-refractivity contribution is 0.0995. The molecule has 0 bridgehead atoms. The van der Waals surface area contributed by atoms with Gasteiger partial charge in [-0.15, -0.1) is 0 Å². The van der Waals surface area contributed by atoms with Gasteiger partial charge < -0.3 is 10.5 Å². The van der Waals surface area contributed by atoms with Gasteiger partial charge in [-0.05, 0) is 49.4 Å². The number of carbonyl (C=O) groups is 1. The van der Waals surface area contributed by atoms with Crippen molar-refractivity contribution >= 4 is 27.5 Å². The Hall–Kier alpha value is -2.16. The second-order valence-corrected chi connectivity index (χ2v) is 9.08. The highest BCUT2D eigenvalue weighted by Gasteiger charge is 2.31. The van der Waals surface area contributed by atoms with Gasteiger partial charge in [-0.25, -0.2) is 8.42 Å². The van der Waals surface area contributed by atoms with Gasteiger partial charge in [0.2, 0.25) is 10.0 Å². The average molecular weight is 424 g/mol. The number of ether oxygens (including phenoxy) is 1. The molecule has 0 radical (unpaired) electrons. The maximum absolute atomic E-state index is 12.9. The molecule has 3 rings (SSSR count). The van der Waals surface area contributed by atoms with E-state index in [4.69, 9.17) is 22.1 Å². The molecule has 7 nitrogen and oxygen atoms in total. The molecule has 2 heterocycles. The zero-order valence-electron chi connectivity index (χ0n) is 15.5. The van der Waals surface area contributed by atoms with Gasteiger partial charge in [0.15, 0.2) is 0 Å². The smallest absolute Gasteiger partial charge is 0.267 e. The number of hydrogen-bond acceptors (Lipinski definition) is 5. The van der Waals surface area contributed by atoms with Crippen LogP contribution in [0.5, 0.6) is 5.75 Å². The maximum Gasteiger partial charge on any atom is 0.267 e. The SMILES string of the molecule is Cc1c(Cl)cccc1S(=O)(=O)N1CCC(COc2ccnc(C(N)=O)c2)CC1. The van der Waals surface area contributed by atoms with E-state index in [2.05, 4.69) is 4.98 Å². The molecule has 28 heavy (non-hydrogen) atoms. The third kappa shape index (κ3) is 4.45. The zero-order chi connectivity index (χ0) is 20.3. The van der Waals surface area contributed by atoms with Crippen LogP contribution in [0.1, 0.15) is 28.9 Å². The van der Waals surface area contributed by atoms with Crippen molar-refractivity contribution in [3.63, 3.8) is 0 Å². The molecule has 1 aliphatic rings. The first-order valence-electron chi connectivity index (χ1n) is 8.93. The van der Waals surface area contributed by atoms with Crippen LogP contribution in [0.4, 0.5) is 0 Å². The Morgan fingerprint density at radius 2 is 2.04 bits per heavy atom. The summed E-state index contributed by atoms with van der Waals surface area (Å²) in [5.41, 5.74) is 5.93. The fourth-order valence-electron chi connectivity index (χ4n) is 3.17. The number of sulfonamides is 1. The molecule has 0 unspecified atom stereocenters. The van der Waals surface area contributed by atoms with Crippen LogP contribution >= 0.6 is 11.6 Å². The highest BCUT2D eigenvalue weighted by atomic mass is 35.5. The van der Waals surface area contributed by atoms with Crippen molar-refractivity contribution < 1.29 is 17.9 Å². The summed E-state index contributed by atoms with van der Waals surface area (Å²) in [5.74, 6) is 0.130. The third-order valence-corrected chi connectivity index (χ3v) is 7.33. The van der Waals surface area contributed by atoms with Crippen LogP contribution in [-0.2, 0) is 10.0 Å². The molecular weight excluding hydrogens is 402 g/mol. The van der Waals surface area contributed by atoms with E-state index in [1.165, 1.54) is 16.6 Å². The number of primary amides is 1. The van der Waals surface area contributed by atoms with E-state index >= 15 is 0 Å². The Labute approximate surface area is 169 Å². The number of carbonyl (C=O) groups excluding carboxylic acids is 1. The number of aromatic nitrogens is 1. The van der Waals surface area contributed by atoms with Gasteiger partial charge in [-0.3, -0.25) is 9.78 Å². The fourth-order valence-corrected chi connectivity index (χ4v) is 5.12. The summed E-state index contributed by atoms with van der Waals surface area (Å²) in [6.07, 6.45) is 2.84. The monoisotopic (exact) mass is 423 g/mol. The molecule has 1 fully saturated rings. The Balaban J connectivity index is 1.59. The molecule has 1 amide bonds. The predicted octanol–water partition coefficient (Wildman–Crippen LogP) is 2.62. The van der Waals surface area contributed by atoms with Crippen molar-refractivity contribution in [3.05, 3.63) is 52.8 Å². The lowest BCUT2D eigenvalue weighted by Crippen LogP contribution is -2.39. The van der Waals surface area contributed by atoms with Gasteiger partial charge in [0, 0.05) is 30.4 Å². The van der Waals surface area contributed by atoms with Crippen LogP contribution in [0, 0.1) is 12.8 Å². The largest absolute Gasteiger partial charge is 0.493 e. The standard InChI is InChI=1S/C19H22ClN3O4S/c1-13-16(20)3-2-4-18(13)28(25,26)23-9-6-14(7-10-23)12-27-15-5-8-22-17(11-15)19(21)24/h2-5,8,11,14H,6-7,9-10,12H2,1H3,(H2,21,24). The van der Waals surface area contributed by atoms with Gasteiger partial charge in [-0.2, -0.15) is 4.31 Å². The Morgan fingerprint density at radius 1 is 1.32 bits per heavy atom. The van der Waals surface area contributed by atoms with E-state index in [1.807, 2.05) is 0 Å². The minimum atomic E-state index is -3.57. The Bertz CT molecular complexity index is 973. The van der Waals surface area contributed by atoms with E-state index in [1.54, 1.807) is 31.2 Å². The minimum absolute atomic E-state index is 0.148. The van der Waals surface area contributed by atoms with E-state index in [-0.39, 0.29) is 16.5 Å². The van der Waals surface area contributed by atoms with E-state index < -0.39 is 15.9 Å². The first-order chi connectivity index (χ1) is 13.3. The number of rotatable bonds is 6. The number of nitrogens with zero attached hydrogens (tertiary/aromatic N) is 2. The number of benzene rings is 1. The molecule has 2 N–H and O–H groups in total. The molecule has 1 aromatic heterocycles. The maximum atomic E-state index is 12.9. The Morgan fingerprint density at radius 3 is 2.71 bits per heavy atom. The molecule has 0 atom stereocenters. The quantitative estimate of drug-likeness (QED) is 0.769. The van der Waals surface area contributed by atoms with Crippen LogP contribution in [0.3, 0.4) is 0 Å². The van der Waals surface area contributed by atoms with Crippen LogP contribution in [0.15, 0.2) is 41.4 Å². The van der Waals surface area contributed by atoms with Crippen molar-refractivity contribution in [1.82, 2.24) is 9.29 Å². The lowest BCUT2D eigenvalue weighted by atomic mass is 9.99. The molecule has 2 aromatic rings. The van der Waals surface area contributed by atoms with Crippen LogP contribution in [-0.4, -0.2) is 43.3 Å². The van der Waals surface area contributed by atoms with Gasteiger partial charge in [0.25, 0.3) is 5.91 Å². The van der Waals surface area contributed by atoms with Crippen LogP contribution in [0.2, 0.25) is 5.02 Å². The summed E-state index contributed by atoms with van der Waals surface area (Å²) in [6, 6.07) is 8.09. The van der Waals surface area contributed by atoms with Crippen LogP contribution in [0.25, 0.3) is 0 Å². The number of halogens is 1. The number of pyridine rings is 1. The molecule has 0 spiro atoms. The van der Waals surface area contributed by atoms with Crippen molar-refractivity contribution in [2.45, 2.75) is 24.7 Å². The molecule has 9 heteroatoms. The fraction of sp³-hybridized carbons (Fsp3) is 0.368. The topological polar surface area (TPSA) is 103 Å². The summed E-state index contributed by atoms with van der Waals surface area (Å²) >= 11 is 6.08. The number of piperidine rings is 1. The van der Waals surface area contributed by atoms with Crippen LogP contribution < -0.4 is 10.5 Å². The molecule has 1 saturated heterocycles.